The Kier molecular flexibility index (Phi) is 5.23. The molecule has 0 unspecified atom stereocenters. The number of methoxy groups -OCH3 is 1. The average molecular weight is 263 g/mol. The van der Waals surface area contributed by atoms with Crippen LogP contribution in [0, 0.1) is 0 Å². The van der Waals surface area contributed by atoms with Crippen molar-refractivity contribution in [2.45, 2.75) is 50.7 Å². The van der Waals surface area contributed by atoms with Gasteiger partial charge in [0.2, 0.25) is 0 Å². The molecule has 106 valence electrons. The summed E-state index contributed by atoms with van der Waals surface area (Å²) < 4.78 is 5.33. The van der Waals surface area contributed by atoms with E-state index in [-0.39, 0.29) is 0 Å². The van der Waals surface area contributed by atoms with Crippen LogP contribution in [0.5, 0.6) is 5.75 Å². The quantitative estimate of drug-likeness (QED) is 0.803. The van der Waals surface area contributed by atoms with E-state index >= 15 is 0 Å². The molecule has 1 aromatic carbocycles. The standard InChI is InChI=1S/C16H25NO2/c1-19-15-9-5-4-8-14(15)12-17-13-16(18)10-6-2-3-7-11-16/h4-5,8-9,17-18H,2-3,6-7,10-13H2,1H3. The summed E-state index contributed by atoms with van der Waals surface area (Å²) in [4.78, 5) is 0. The van der Waals surface area contributed by atoms with Gasteiger partial charge in [-0.15, -0.1) is 0 Å². The molecule has 0 spiro atoms. The zero-order valence-corrected chi connectivity index (χ0v) is 11.8. The molecule has 3 heteroatoms. The molecule has 1 fully saturated rings. The van der Waals surface area contributed by atoms with Gasteiger partial charge in [0.25, 0.3) is 0 Å². The monoisotopic (exact) mass is 263 g/mol. The number of rotatable bonds is 5. The molecule has 0 radical (unpaired) electrons. The number of nitrogens with one attached hydrogen (secondary N) is 1. The van der Waals surface area contributed by atoms with E-state index in [1.165, 1.54) is 12.8 Å². The fraction of sp³-hybridized carbons (Fsp3) is 0.625. The molecule has 0 atom stereocenters. The maximum absolute atomic E-state index is 10.6. The van der Waals surface area contributed by atoms with E-state index in [2.05, 4.69) is 11.4 Å². The zero-order valence-electron chi connectivity index (χ0n) is 11.8. The zero-order chi connectivity index (χ0) is 13.6. The second kappa shape index (κ2) is 6.92. The predicted octanol–water partition coefficient (Wildman–Crippen LogP) is 2.87. The number of para-hydroxylation sites is 1. The Labute approximate surface area is 116 Å². The summed E-state index contributed by atoms with van der Waals surface area (Å²) in [5.41, 5.74) is 0.626. The fourth-order valence-electron chi connectivity index (χ4n) is 2.84. The van der Waals surface area contributed by atoms with Crippen LogP contribution in [0.4, 0.5) is 0 Å². The lowest BCUT2D eigenvalue weighted by Gasteiger charge is -2.27. The van der Waals surface area contributed by atoms with Crippen molar-refractivity contribution in [3.63, 3.8) is 0 Å². The molecule has 0 heterocycles. The lowest BCUT2D eigenvalue weighted by molar-refractivity contribution is 0.0250. The van der Waals surface area contributed by atoms with Gasteiger partial charge in [0.15, 0.2) is 0 Å². The van der Waals surface area contributed by atoms with Crippen molar-refractivity contribution in [3.05, 3.63) is 29.8 Å². The van der Waals surface area contributed by atoms with Crippen LogP contribution in [0.2, 0.25) is 0 Å². The molecule has 2 N–H and O–H groups in total. The minimum absolute atomic E-state index is 0.515. The number of hydrogen-bond donors (Lipinski definition) is 2. The van der Waals surface area contributed by atoms with Crippen LogP contribution in [0.15, 0.2) is 24.3 Å². The van der Waals surface area contributed by atoms with Crippen LogP contribution >= 0.6 is 0 Å². The van der Waals surface area contributed by atoms with E-state index in [9.17, 15) is 5.11 Å². The molecule has 0 aromatic heterocycles. The normalized spacial score (nSPS) is 18.8. The van der Waals surface area contributed by atoms with E-state index in [1.54, 1.807) is 7.11 Å². The maximum Gasteiger partial charge on any atom is 0.123 e. The SMILES string of the molecule is COc1ccccc1CNCC1(O)CCCCCC1. The van der Waals surface area contributed by atoms with Crippen molar-refractivity contribution in [2.24, 2.45) is 0 Å². The van der Waals surface area contributed by atoms with Crippen molar-refractivity contribution >= 4 is 0 Å². The van der Waals surface area contributed by atoms with E-state index in [4.69, 9.17) is 4.74 Å². The molecule has 0 bridgehead atoms. The number of ether oxygens (including phenoxy) is 1. The second-order valence-corrected chi connectivity index (χ2v) is 5.55. The Bertz CT molecular complexity index is 384. The van der Waals surface area contributed by atoms with E-state index in [1.807, 2.05) is 18.2 Å². The Hall–Kier alpha value is -1.06. The smallest absolute Gasteiger partial charge is 0.123 e. The molecule has 1 aliphatic rings. The van der Waals surface area contributed by atoms with Crippen LogP contribution in [0.1, 0.15) is 44.1 Å². The molecule has 1 aromatic rings. The number of aliphatic hydroxyl groups is 1. The molecule has 19 heavy (non-hydrogen) atoms. The van der Waals surface area contributed by atoms with Crippen LogP contribution < -0.4 is 10.1 Å². The molecule has 0 amide bonds. The van der Waals surface area contributed by atoms with Gasteiger partial charge in [-0.25, -0.2) is 0 Å². The highest BCUT2D eigenvalue weighted by atomic mass is 16.5. The Morgan fingerprint density at radius 1 is 1.16 bits per heavy atom. The van der Waals surface area contributed by atoms with Gasteiger partial charge < -0.3 is 15.2 Å². The first-order valence-electron chi connectivity index (χ1n) is 7.28. The molecule has 1 saturated carbocycles. The molecular weight excluding hydrogens is 238 g/mol. The molecule has 3 nitrogen and oxygen atoms in total. The van der Waals surface area contributed by atoms with Crippen molar-refractivity contribution in [3.8, 4) is 5.75 Å². The van der Waals surface area contributed by atoms with Gasteiger partial charge >= 0.3 is 0 Å². The third-order valence-corrected chi connectivity index (χ3v) is 4.00. The van der Waals surface area contributed by atoms with Gasteiger partial charge in [-0.05, 0) is 18.9 Å². The minimum atomic E-state index is -0.515. The first-order chi connectivity index (χ1) is 9.23. The van der Waals surface area contributed by atoms with E-state index in [0.29, 0.717) is 6.54 Å². The van der Waals surface area contributed by atoms with Gasteiger partial charge in [0.1, 0.15) is 5.75 Å². The highest BCUT2D eigenvalue weighted by Crippen LogP contribution is 2.26. The summed E-state index contributed by atoms with van der Waals surface area (Å²) in [6.45, 7) is 1.41. The first-order valence-corrected chi connectivity index (χ1v) is 7.28. The van der Waals surface area contributed by atoms with Gasteiger partial charge in [-0.3, -0.25) is 0 Å². The van der Waals surface area contributed by atoms with Crippen LogP contribution in [0.3, 0.4) is 0 Å². The molecular formula is C16H25NO2. The van der Waals surface area contributed by atoms with Crippen LogP contribution in [-0.4, -0.2) is 24.4 Å². The van der Waals surface area contributed by atoms with Crippen molar-refractivity contribution in [1.29, 1.82) is 0 Å². The lowest BCUT2D eigenvalue weighted by atomic mass is 9.94. The highest BCUT2D eigenvalue weighted by Gasteiger charge is 2.27. The van der Waals surface area contributed by atoms with Gasteiger partial charge in [0, 0.05) is 18.7 Å². The van der Waals surface area contributed by atoms with Gasteiger partial charge in [-0.2, -0.15) is 0 Å². The van der Waals surface area contributed by atoms with Gasteiger partial charge in [-0.1, -0.05) is 43.9 Å². The fourth-order valence-corrected chi connectivity index (χ4v) is 2.84. The Morgan fingerprint density at radius 3 is 2.53 bits per heavy atom. The highest BCUT2D eigenvalue weighted by molar-refractivity contribution is 5.32. The van der Waals surface area contributed by atoms with Crippen molar-refractivity contribution in [2.75, 3.05) is 13.7 Å². The first kappa shape index (κ1) is 14.4. The second-order valence-electron chi connectivity index (χ2n) is 5.55. The Balaban J connectivity index is 1.85. The van der Waals surface area contributed by atoms with Gasteiger partial charge in [0.05, 0.1) is 12.7 Å². The summed E-state index contributed by atoms with van der Waals surface area (Å²) in [5, 5.41) is 13.9. The number of hydrogen-bond acceptors (Lipinski definition) is 3. The summed E-state index contributed by atoms with van der Waals surface area (Å²) in [6.07, 6.45) is 6.65. The molecule has 0 aliphatic heterocycles. The largest absolute Gasteiger partial charge is 0.496 e. The maximum atomic E-state index is 10.6. The molecule has 0 saturated heterocycles. The van der Waals surface area contributed by atoms with E-state index in [0.717, 1.165) is 43.5 Å². The summed E-state index contributed by atoms with van der Waals surface area (Å²) in [7, 11) is 1.69. The predicted molar refractivity (Wildman–Crippen MR) is 77.4 cm³/mol. The van der Waals surface area contributed by atoms with Crippen LogP contribution in [-0.2, 0) is 6.54 Å². The lowest BCUT2D eigenvalue weighted by Crippen LogP contribution is -2.39. The third kappa shape index (κ3) is 4.22. The summed E-state index contributed by atoms with van der Waals surface area (Å²) >= 11 is 0. The minimum Gasteiger partial charge on any atom is -0.496 e. The average Bonchev–Trinajstić information content (AvgIpc) is 2.64. The van der Waals surface area contributed by atoms with E-state index < -0.39 is 5.60 Å². The van der Waals surface area contributed by atoms with Crippen LogP contribution in [0.25, 0.3) is 0 Å². The van der Waals surface area contributed by atoms with Crippen molar-refractivity contribution in [1.82, 2.24) is 5.32 Å². The number of benzene rings is 1. The summed E-state index contributed by atoms with van der Waals surface area (Å²) in [6, 6.07) is 8.02. The third-order valence-electron chi connectivity index (χ3n) is 4.00. The van der Waals surface area contributed by atoms with Crippen molar-refractivity contribution < 1.29 is 9.84 Å². The molecule has 2 rings (SSSR count). The molecule has 1 aliphatic carbocycles. The summed E-state index contributed by atoms with van der Waals surface area (Å²) in [5.74, 6) is 0.905. The topological polar surface area (TPSA) is 41.5 Å². The Morgan fingerprint density at radius 2 is 1.84 bits per heavy atom.